The van der Waals surface area contributed by atoms with Crippen molar-refractivity contribution in [3.63, 3.8) is 0 Å². The van der Waals surface area contributed by atoms with E-state index in [9.17, 15) is 23.1 Å². The second kappa shape index (κ2) is 8.85. The van der Waals surface area contributed by atoms with E-state index in [1.54, 1.807) is 43.0 Å². The zero-order valence-corrected chi connectivity index (χ0v) is 17.8. The van der Waals surface area contributed by atoms with E-state index in [-0.39, 0.29) is 22.2 Å². The Hall–Kier alpha value is -2.91. The molecule has 0 spiro atoms. The summed E-state index contributed by atoms with van der Waals surface area (Å²) in [4.78, 5) is 26.1. The molecule has 0 atom stereocenters. The number of anilines is 2. The Morgan fingerprint density at radius 1 is 1.13 bits per heavy atom. The maximum Gasteiger partial charge on any atom is 0.255 e. The van der Waals surface area contributed by atoms with Crippen molar-refractivity contribution in [1.29, 1.82) is 0 Å². The average Bonchev–Trinajstić information content (AvgIpc) is 3.16. The third-order valence-electron chi connectivity index (χ3n) is 5.07. The van der Waals surface area contributed by atoms with Crippen LogP contribution in [0.3, 0.4) is 0 Å². The molecule has 0 unspecified atom stereocenters. The lowest BCUT2D eigenvalue weighted by Gasteiger charge is -2.19. The van der Waals surface area contributed by atoms with Gasteiger partial charge in [-0.05, 0) is 48.9 Å². The van der Waals surface area contributed by atoms with Gasteiger partial charge in [-0.3, -0.25) is 9.59 Å². The molecule has 1 aliphatic heterocycles. The van der Waals surface area contributed by atoms with Crippen molar-refractivity contribution in [2.75, 3.05) is 29.9 Å². The fourth-order valence-corrected chi connectivity index (χ4v) is 4.88. The molecule has 2 N–H and O–H groups in total. The summed E-state index contributed by atoms with van der Waals surface area (Å²) >= 11 is 0. The van der Waals surface area contributed by atoms with Gasteiger partial charge in [0.05, 0.1) is 10.6 Å². The molecule has 30 heavy (non-hydrogen) atoms. The monoisotopic (exact) mass is 431 g/mol. The molecular weight excluding hydrogens is 406 g/mol. The highest BCUT2D eigenvalue weighted by molar-refractivity contribution is 7.89. The largest absolute Gasteiger partial charge is 0.506 e. The first kappa shape index (κ1) is 21.8. The number of aromatic hydroxyl groups is 1. The van der Waals surface area contributed by atoms with Gasteiger partial charge in [0.15, 0.2) is 0 Å². The van der Waals surface area contributed by atoms with Crippen LogP contribution in [-0.4, -0.2) is 49.3 Å². The van der Waals surface area contributed by atoms with Gasteiger partial charge in [0, 0.05) is 37.3 Å². The van der Waals surface area contributed by atoms with E-state index in [1.807, 2.05) is 0 Å². The zero-order valence-electron chi connectivity index (χ0n) is 17.0. The summed E-state index contributed by atoms with van der Waals surface area (Å²) in [6.07, 6.45) is 1.33. The second-order valence-corrected chi connectivity index (χ2v) is 8.86. The van der Waals surface area contributed by atoms with Crippen LogP contribution in [0.5, 0.6) is 5.75 Å². The summed E-state index contributed by atoms with van der Waals surface area (Å²) in [6, 6.07) is 10.4. The maximum atomic E-state index is 12.7. The first-order valence-electron chi connectivity index (χ1n) is 9.82. The van der Waals surface area contributed by atoms with Crippen LogP contribution in [0, 0.1) is 0 Å². The van der Waals surface area contributed by atoms with Gasteiger partial charge in [0.25, 0.3) is 5.91 Å². The van der Waals surface area contributed by atoms with Crippen molar-refractivity contribution in [2.45, 2.75) is 31.6 Å². The predicted octanol–water partition coefficient (Wildman–Crippen LogP) is 2.80. The lowest BCUT2D eigenvalue weighted by Crippen LogP contribution is -2.30. The molecule has 0 aliphatic carbocycles. The van der Waals surface area contributed by atoms with Crippen molar-refractivity contribution >= 4 is 33.2 Å². The van der Waals surface area contributed by atoms with Gasteiger partial charge < -0.3 is 15.3 Å². The van der Waals surface area contributed by atoms with E-state index in [0.717, 1.165) is 12.1 Å². The number of carbonyl (C=O) groups is 2. The summed E-state index contributed by atoms with van der Waals surface area (Å²) in [7, 11) is -3.73. The van der Waals surface area contributed by atoms with Crippen molar-refractivity contribution in [3.8, 4) is 5.75 Å². The number of phenolic OH excluding ortho intramolecular Hbond substituents is 1. The number of carbonyl (C=O) groups excluding carboxylic acids is 2. The third-order valence-corrected chi connectivity index (χ3v) is 7.12. The standard InChI is InChI=1S/C21H25N3O5S/c1-3-23(4-2)30(28,29)17-11-12-19(25)18(14-17)22-21(27)15-7-9-16(10-8-15)24-13-5-6-20(24)26/h7-12,14,25H,3-6,13H2,1-2H3,(H,22,27). The third kappa shape index (κ3) is 4.31. The molecule has 0 radical (unpaired) electrons. The zero-order chi connectivity index (χ0) is 21.9. The minimum Gasteiger partial charge on any atom is -0.506 e. The minimum atomic E-state index is -3.73. The Bertz CT molecular complexity index is 1050. The molecule has 2 aromatic carbocycles. The predicted molar refractivity (Wildman–Crippen MR) is 114 cm³/mol. The number of nitrogens with zero attached hydrogens (tertiary/aromatic N) is 2. The van der Waals surface area contributed by atoms with Gasteiger partial charge in [-0.25, -0.2) is 8.42 Å². The number of nitrogens with one attached hydrogen (secondary N) is 1. The Kier molecular flexibility index (Phi) is 6.42. The maximum absolute atomic E-state index is 12.7. The lowest BCUT2D eigenvalue weighted by molar-refractivity contribution is -0.117. The van der Waals surface area contributed by atoms with Crippen LogP contribution in [0.2, 0.25) is 0 Å². The van der Waals surface area contributed by atoms with Gasteiger partial charge >= 0.3 is 0 Å². The van der Waals surface area contributed by atoms with Gasteiger partial charge in [-0.1, -0.05) is 13.8 Å². The summed E-state index contributed by atoms with van der Waals surface area (Å²) in [5, 5.41) is 12.7. The number of rotatable bonds is 7. The molecule has 1 aliphatic rings. The molecule has 1 fully saturated rings. The van der Waals surface area contributed by atoms with Gasteiger partial charge in [-0.2, -0.15) is 4.31 Å². The van der Waals surface area contributed by atoms with Crippen LogP contribution >= 0.6 is 0 Å². The van der Waals surface area contributed by atoms with Crippen LogP contribution in [0.1, 0.15) is 37.0 Å². The van der Waals surface area contributed by atoms with E-state index in [0.29, 0.717) is 31.6 Å². The Morgan fingerprint density at radius 2 is 1.80 bits per heavy atom. The molecule has 1 saturated heterocycles. The van der Waals surface area contributed by atoms with E-state index >= 15 is 0 Å². The SMILES string of the molecule is CCN(CC)S(=O)(=O)c1ccc(O)c(NC(=O)c2ccc(N3CCCC3=O)cc2)c1. The lowest BCUT2D eigenvalue weighted by atomic mass is 10.1. The highest BCUT2D eigenvalue weighted by atomic mass is 32.2. The van der Waals surface area contributed by atoms with Crippen LogP contribution in [0.25, 0.3) is 0 Å². The first-order chi connectivity index (χ1) is 14.3. The van der Waals surface area contributed by atoms with Crippen molar-refractivity contribution in [1.82, 2.24) is 4.31 Å². The number of phenols is 1. The molecule has 160 valence electrons. The van der Waals surface area contributed by atoms with Crippen molar-refractivity contribution < 1.29 is 23.1 Å². The Balaban J connectivity index is 1.80. The van der Waals surface area contributed by atoms with E-state index < -0.39 is 15.9 Å². The van der Waals surface area contributed by atoms with Crippen LogP contribution < -0.4 is 10.2 Å². The average molecular weight is 432 g/mol. The summed E-state index contributed by atoms with van der Waals surface area (Å²) in [5.41, 5.74) is 1.05. The first-order valence-corrected chi connectivity index (χ1v) is 11.3. The van der Waals surface area contributed by atoms with Crippen LogP contribution in [0.4, 0.5) is 11.4 Å². The smallest absolute Gasteiger partial charge is 0.255 e. The van der Waals surface area contributed by atoms with E-state index in [1.165, 1.54) is 22.5 Å². The number of hydrogen-bond donors (Lipinski definition) is 2. The molecule has 0 saturated carbocycles. The number of benzene rings is 2. The molecule has 8 nitrogen and oxygen atoms in total. The van der Waals surface area contributed by atoms with Crippen molar-refractivity contribution in [3.05, 3.63) is 48.0 Å². The highest BCUT2D eigenvalue weighted by Crippen LogP contribution is 2.29. The van der Waals surface area contributed by atoms with E-state index in [2.05, 4.69) is 5.32 Å². The van der Waals surface area contributed by atoms with Crippen LogP contribution in [0.15, 0.2) is 47.4 Å². The fourth-order valence-electron chi connectivity index (χ4n) is 3.40. The molecule has 2 amide bonds. The van der Waals surface area contributed by atoms with Gasteiger partial charge in [-0.15, -0.1) is 0 Å². The summed E-state index contributed by atoms with van der Waals surface area (Å²) in [5.74, 6) is -0.675. The Labute approximate surface area is 176 Å². The molecule has 9 heteroatoms. The summed E-state index contributed by atoms with van der Waals surface area (Å²) in [6.45, 7) is 4.76. The number of hydrogen-bond acceptors (Lipinski definition) is 5. The molecular formula is C21H25N3O5S. The number of sulfonamides is 1. The highest BCUT2D eigenvalue weighted by Gasteiger charge is 2.24. The van der Waals surface area contributed by atoms with E-state index in [4.69, 9.17) is 0 Å². The topological polar surface area (TPSA) is 107 Å². The summed E-state index contributed by atoms with van der Waals surface area (Å²) < 4.78 is 26.7. The second-order valence-electron chi connectivity index (χ2n) is 6.92. The normalized spacial score (nSPS) is 14.4. The van der Waals surface area contributed by atoms with Crippen LogP contribution in [-0.2, 0) is 14.8 Å². The molecule has 0 bridgehead atoms. The molecule has 2 aromatic rings. The van der Waals surface area contributed by atoms with Crippen molar-refractivity contribution in [2.24, 2.45) is 0 Å². The Morgan fingerprint density at radius 3 is 2.37 bits per heavy atom. The van der Waals surface area contributed by atoms with Gasteiger partial charge in [0.2, 0.25) is 15.9 Å². The van der Waals surface area contributed by atoms with Gasteiger partial charge in [0.1, 0.15) is 5.75 Å². The fraction of sp³-hybridized carbons (Fsp3) is 0.333. The minimum absolute atomic E-state index is 0.00651. The molecule has 0 aromatic heterocycles. The molecule has 3 rings (SSSR count). The number of amides is 2. The quantitative estimate of drug-likeness (QED) is 0.656. The molecule has 1 heterocycles.